The number of rotatable bonds is 8. The summed E-state index contributed by atoms with van der Waals surface area (Å²) in [7, 11) is -4.95. The van der Waals surface area contributed by atoms with E-state index in [1.165, 1.54) is 12.4 Å². The van der Waals surface area contributed by atoms with Gasteiger partial charge in [0.2, 0.25) is 0 Å². The van der Waals surface area contributed by atoms with Crippen molar-refractivity contribution in [2.75, 3.05) is 9.62 Å². The third-order valence-corrected chi connectivity index (χ3v) is 6.95. The van der Waals surface area contributed by atoms with Gasteiger partial charge in [-0.2, -0.15) is 8.78 Å². The number of hydrogen-bond acceptors (Lipinski definition) is 7. The van der Waals surface area contributed by atoms with E-state index in [4.69, 9.17) is 11.6 Å². The predicted molar refractivity (Wildman–Crippen MR) is 116 cm³/mol. The van der Waals surface area contributed by atoms with Crippen LogP contribution in [-0.2, 0) is 10.0 Å². The van der Waals surface area contributed by atoms with Crippen LogP contribution in [0.25, 0.3) is 0 Å². The third-order valence-electron chi connectivity index (χ3n) is 4.37. The van der Waals surface area contributed by atoms with Crippen molar-refractivity contribution >= 4 is 50.6 Å². The summed E-state index contributed by atoms with van der Waals surface area (Å²) in [5.41, 5.74) is 0.909. The van der Waals surface area contributed by atoms with Gasteiger partial charge in [-0.3, -0.25) is 0 Å². The number of carbonyl (C=O) groups is 1. The molecule has 182 valence electrons. The average molecular weight is 540 g/mol. The smallest absolute Gasteiger partial charge is 0.427 e. The van der Waals surface area contributed by atoms with E-state index in [0.717, 1.165) is 34.9 Å². The lowest BCUT2D eigenvalue weighted by atomic mass is 10.1. The van der Waals surface area contributed by atoms with Crippen molar-refractivity contribution in [2.24, 2.45) is 0 Å². The molecule has 1 aromatic heterocycles. The second-order valence-corrected chi connectivity index (χ2v) is 9.47. The molecule has 2 aromatic carbocycles. The molecule has 2 N–H and O–H groups in total. The quantitative estimate of drug-likeness (QED) is 0.352. The third kappa shape index (κ3) is 5.34. The standard InChI is InChI=1S/C19H14ClF4N3O5S2/c1-9(11-4-10(32-18(23)24)2-3-13(11)21)26-15-6-14(22)16(5-12(15)20)34(30,31)27(19(28)29)17-7-33-8-25-17/h2-9,18,26H,1H3,(H,28,29)/t9-/m0/s1. The molecule has 1 amide bonds. The summed E-state index contributed by atoms with van der Waals surface area (Å²) in [6, 6.07) is 3.34. The van der Waals surface area contributed by atoms with Crippen LogP contribution in [0.5, 0.6) is 5.75 Å². The van der Waals surface area contributed by atoms with Gasteiger partial charge in [0.05, 0.1) is 22.3 Å². The fourth-order valence-electron chi connectivity index (χ4n) is 2.91. The molecule has 0 aliphatic carbocycles. The molecule has 0 aliphatic rings. The SMILES string of the molecule is C[C@H](Nc1cc(F)c(S(=O)(=O)N(C(=O)O)c2cscn2)cc1Cl)c1cc(OC(F)F)ccc1F. The number of ether oxygens (including phenoxy) is 1. The first kappa shape index (κ1) is 25.5. The Morgan fingerprint density at radius 2 is 1.94 bits per heavy atom. The minimum Gasteiger partial charge on any atom is -0.464 e. The number of sulfonamides is 1. The van der Waals surface area contributed by atoms with Crippen LogP contribution in [0.15, 0.2) is 46.1 Å². The molecule has 1 heterocycles. The summed E-state index contributed by atoms with van der Waals surface area (Å²) < 4.78 is 83.8. The molecule has 3 aromatic rings. The molecule has 0 fully saturated rings. The molecular formula is C19H14ClF4N3O5S2. The topological polar surface area (TPSA) is 109 Å². The fourth-order valence-corrected chi connectivity index (χ4v) is 5.09. The van der Waals surface area contributed by atoms with Gasteiger partial charge < -0.3 is 15.2 Å². The number of anilines is 2. The van der Waals surface area contributed by atoms with Gasteiger partial charge in [0, 0.05) is 10.9 Å². The molecule has 3 rings (SSSR count). The van der Waals surface area contributed by atoms with Gasteiger partial charge in [-0.25, -0.2) is 27.0 Å². The van der Waals surface area contributed by atoms with E-state index in [9.17, 15) is 35.9 Å². The second-order valence-electron chi connectivity index (χ2n) is 6.59. The van der Waals surface area contributed by atoms with E-state index in [0.29, 0.717) is 12.1 Å². The highest BCUT2D eigenvalue weighted by molar-refractivity contribution is 7.93. The first-order chi connectivity index (χ1) is 15.9. The fraction of sp³-hybridized carbons (Fsp3) is 0.158. The normalized spacial score (nSPS) is 12.4. The molecule has 0 aliphatic heterocycles. The van der Waals surface area contributed by atoms with Crippen molar-refractivity contribution < 1.29 is 40.6 Å². The van der Waals surface area contributed by atoms with Gasteiger partial charge in [-0.15, -0.1) is 15.6 Å². The zero-order valence-electron chi connectivity index (χ0n) is 16.9. The van der Waals surface area contributed by atoms with E-state index < -0.39 is 51.1 Å². The number of halogens is 5. The maximum Gasteiger partial charge on any atom is 0.427 e. The number of thiazole rings is 1. The van der Waals surface area contributed by atoms with Crippen molar-refractivity contribution in [2.45, 2.75) is 24.5 Å². The minimum atomic E-state index is -4.95. The summed E-state index contributed by atoms with van der Waals surface area (Å²) in [5.74, 6) is -2.90. The Labute approximate surface area is 199 Å². The molecule has 0 saturated carbocycles. The second kappa shape index (κ2) is 10.0. The molecule has 15 heteroatoms. The van der Waals surface area contributed by atoms with Crippen LogP contribution >= 0.6 is 22.9 Å². The summed E-state index contributed by atoms with van der Waals surface area (Å²) in [6.45, 7) is -1.72. The Bertz CT molecular complexity index is 1310. The Morgan fingerprint density at radius 1 is 1.24 bits per heavy atom. The number of amides is 1. The largest absolute Gasteiger partial charge is 0.464 e. The first-order valence-corrected chi connectivity index (χ1v) is 11.8. The highest BCUT2D eigenvalue weighted by Gasteiger charge is 2.35. The molecule has 0 radical (unpaired) electrons. The van der Waals surface area contributed by atoms with Crippen molar-refractivity contribution in [1.82, 2.24) is 4.98 Å². The summed E-state index contributed by atoms with van der Waals surface area (Å²) >= 11 is 7.02. The van der Waals surface area contributed by atoms with Crippen molar-refractivity contribution in [1.29, 1.82) is 0 Å². The zero-order valence-corrected chi connectivity index (χ0v) is 19.3. The van der Waals surface area contributed by atoms with Crippen molar-refractivity contribution in [3.63, 3.8) is 0 Å². The average Bonchev–Trinajstić information content (AvgIpc) is 3.24. The van der Waals surface area contributed by atoms with Gasteiger partial charge >= 0.3 is 12.7 Å². The van der Waals surface area contributed by atoms with Gasteiger partial charge in [-0.1, -0.05) is 11.6 Å². The number of aromatic nitrogens is 1. The molecule has 0 saturated heterocycles. The van der Waals surface area contributed by atoms with Crippen molar-refractivity contribution in [3.8, 4) is 5.75 Å². The number of nitrogens with zero attached hydrogens (tertiary/aromatic N) is 2. The Kier molecular flexibility index (Phi) is 7.53. The minimum absolute atomic E-state index is 0.0994. The Hall–Kier alpha value is -3.10. The summed E-state index contributed by atoms with van der Waals surface area (Å²) in [6.07, 6.45) is -1.92. The lowest BCUT2D eigenvalue weighted by molar-refractivity contribution is -0.0499. The van der Waals surface area contributed by atoms with E-state index in [-0.39, 0.29) is 26.3 Å². The molecule has 0 spiro atoms. The van der Waals surface area contributed by atoms with Crippen LogP contribution in [-0.4, -0.2) is 31.2 Å². The molecule has 0 bridgehead atoms. The van der Waals surface area contributed by atoms with Gasteiger partial charge in [0.1, 0.15) is 22.3 Å². The number of hydrogen-bond donors (Lipinski definition) is 2. The van der Waals surface area contributed by atoms with Gasteiger partial charge in [0.15, 0.2) is 5.82 Å². The monoisotopic (exact) mass is 539 g/mol. The lowest BCUT2D eigenvalue weighted by Crippen LogP contribution is -2.36. The predicted octanol–water partition coefficient (Wildman–Crippen LogP) is 5.72. The number of nitrogens with one attached hydrogen (secondary N) is 1. The highest BCUT2D eigenvalue weighted by Crippen LogP contribution is 2.34. The van der Waals surface area contributed by atoms with E-state index in [1.807, 2.05) is 0 Å². The summed E-state index contributed by atoms with van der Waals surface area (Å²) in [4.78, 5) is 14.2. The van der Waals surface area contributed by atoms with Crippen LogP contribution < -0.4 is 14.4 Å². The number of alkyl halides is 2. The lowest BCUT2D eigenvalue weighted by Gasteiger charge is -2.20. The molecule has 34 heavy (non-hydrogen) atoms. The number of benzene rings is 2. The van der Waals surface area contributed by atoms with Gasteiger partial charge in [0.25, 0.3) is 10.0 Å². The van der Waals surface area contributed by atoms with Crippen LogP contribution in [0.3, 0.4) is 0 Å². The van der Waals surface area contributed by atoms with E-state index in [1.54, 1.807) is 0 Å². The Balaban J connectivity index is 1.94. The highest BCUT2D eigenvalue weighted by atomic mass is 35.5. The maximum atomic E-state index is 14.8. The first-order valence-electron chi connectivity index (χ1n) is 9.08. The number of carboxylic acid groups (broad SMARTS) is 1. The maximum absolute atomic E-state index is 14.8. The zero-order chi connectivity index (χ0) is 25.2. The molecule has 1 atom stereocenters. The van der Waals surface area contributed by atoms with Crippen molar-refractivity contribution in [3.05, 3.63) is 63.4 Å². The van der Waals surface area contributed by atoms with Crippen LogP contribution in [0.4, 0.5) is 33.9 Å². The van der Waals surface area contributed by atoms with Crippen LogP contribution in [0.1, 0.15) is 18.5 Å². The van der Waals surface area contributed by atoms with Crippen LogP contribution in [0.2, 0.25) is 5.02 Å². The molecule has 0 unspecified atom stereocenters. The van der Waals surface area contributed by atoms with Gasteiger partial charge in [-0.05, 0) is 37.3 Å². The molecule has 8 nitrogen and oxygen atoms in total. The Morgan fingerprint density at radius 3 is 2.53 bits per heavy atom. The summed E-state index contributed by atoms with van der Waals surface area (Å²) in [5, 5.41) is 12.8. The van der Waals surface area contributed by atoms with Crippen LogP contribution in [0, 0.1) is 11.6 Å². The van der Waals surface area contributed by atoms with E-state index in [2.05, 4.69) is 15.0 Å². The van der Waals surface area contributed by atoms with E-state index >= 15 is 0 Å². The molecular weight excluding hydrogens is 526 g/mol.